The standard InChI is InChI=1S/C15H19NO4/c1-10(2)8-11(9-16(18)19)15(3)12-6-4-5-7-13(12)20-14(15)17/h4-7,10-11H,8-9H2,1-3H3/t11-,15+/m0/s1. The Morgan fingerprint density at radius 3 is 2.60 bits per heavy atom. The summed E-state index contributed by atoms with van der Waals surface area (Å²) in [4.78, 5) is 22.9. The minimum Gasteiger partial charge on any atom is -0.426 e. The molecule has 0 radical (unpaired) electrons. The van der Waals surface area contributed by atoms with E-state index in [1.165, 1.54) is 0 Å². The minimum atomic E-state index is -0.937. The molecule has 5 nitrogen and oxygen atoms in total. The van der Waals surface area contributed by atoms with E-state index in [0.717, 1.165) is 5.56 Å². The molecule has 0 fully saturated rings. The summed E-state index contributed by atoms with van der Waals surface area (Å²) in [6.07, 6.45) is 0.612. The summed E-state index contributed by atoms with van der Waals surface area (Å²) in [5.41, 5.74) is -0.175. The van der Waals surface area contributed by atoms with E-state index in [4.69, 9.17) is 4.74 Å². The van der Waals surface area contributed by atoms with E-state index >= 15 is 0 Å². The number of hydrogen-bond acceptors (Lipinski definition) is 4. The van der Waals surface area contributed by atoms with Gasteiger partial charge in [-0.25, -0.2) is 0 Å². The van der Waals surface area contributed by atoms with Gasteiger partial charge in [-0.1, -0.05) is 32.0 Å². The van der Waals surface area contributed by atoms with Gasteiger partial charge in [-0.2, -0.15) is 0 Å². The number of fused-ring (bicyclic) bond motifs is 1. The molecule has 1 aliphatic heterocycles. The topological polar surface area (TPSA) is 69.4 Å². The van der Waals surface area contributed by atoms with Crippen molar-refractivity contribution in [3.05, 3.63) is 39.9 Å². The third kappa shape index (κ3) is 2.40. The van der Waals surface area contributed by atoms with Crippen molar-refractivity contribution in [1.29, 1.82) is 0 Å². The van der Waals surface area contributed by atoms with Gasteiger partial charge in [0, 0.05) is 16.4 Å². The summed E-state index contributed by atoms with van der Waals surface area (Å²) in [7, 11) is 0. The third-order valence-electron chi connectivity index (χ3n) is 4.02. The lowest BCUT2D eigenvalue weighted by molar-refractivity contribution is -0.490. The average Bonchev–Trinajstić information content (AvgIpc) is 2.61. The van der Waals surface area contributed by atoms with Crippen LogP contribution in [0.25, 0.3) is 0 Å². The van der Waals surface area contributed by atoms with Gasteiger partial charge in [-0.15, -0.1) is 0 Å². The highest BCUT2D eigenvalue weighted by Crippen LogP contribution is 2.46. The van der Waals surface area contributed by atoms with Gasteiger partial charge in [0.05, 0.1) is 0 Å². The SMILES string of the molecule is CC(C)C[C@@H](C[N+](=O)[O-])[C@@]1(C)C(=O)Oc2ccccc21. The summed E-state index contributed by atoms with van der Waals surface area (Å²) in [5.74, 6) is 0.0503. The Bertz CT molecular complexity index is 540. The first-order valence-corrected chi connectivity index (χ1v) is 6.79. The second-order valence-electron chi connectivity index (χ2n) is 5.93. The molecule has 1 aromatic carbocycles. The van der Waals surface area contributed by atoms with Gasteiger partial charge in [0.1, 0.15) is 11.2 Å². The molecule has 1 heterocycles. The molecular weight excluding hydrogens is 258 g/mol. The van der Waals surface area contributed by atoms with Crippen LogP contribution >= 0.6 is 0 Å². The number of rotatable bonds is 5. The molecule has 0 unspecified atom stereocenters. The molecule has 20 heavy (non-hydrogen) atoms. The molecule has 1 aromatic rings. The highest BCUT2D eigenvalue weighted by Gasteiger charge is 2.52. The summed E-state index contributed by atoms with van der Waals surface area (Å²) >= 11 is 0. The van der Waals surface area contributed by atoms with Gasteiger partial charge in [-0.3, -0.25) is 14.9 Å². The van der Waals surface area contributed by atoms with E-state index in [0.29, 0.717) is 12.2 Å². The van der Waals surface area contributed by atoms with Crippen molar-refractivity contribution >= 4 is 5.97 Å². The molecular formula is C15H19NO4. The van der Waals surface area contributed by atoms with Crippen LogP contribution in [0.2, 0.25) is 0 Å². The van der Waals surface area contributed by atoms with Gasteiger partial charge in [0.2, 0.25) is 6.54 Å². The maximum Gasteiger partial charge on any atom is 0.322 e. The van der Waals surface area contributed by atoms with Gasteiger partial charge < -0.3 is 4.74 Å². The Kier molecular flexibility index (Phi) is 3.79. The zero-order valence-electron chi connectivity index (χ0n) is 12.0. The van der Waals surface area contributed by atoms with Crippen molar-refractivity contribution in [3.8, 4) is 5.75 Å². The quantitative estimate of drug-likeness (QED) is 0.359. The molecule has 2 atom stereocenters. The number of para-hydroxylation sites is 1. The number of esters is 1. The Balaban J connectivity index is 2.44. The van der Waals surface area contributed by atoms with Crippen LogP contribution in [-0.4, -0.2) is 17.4 Å². The third-order valence-corrected chi connectivity index (χ3v) is 4.02. The number of carbonyl (C=O) groups excluding carboxylic acids is 1. The fraction of sp³-hybridized carbons (Fsp3) is 0.533. The first-order chi connectivity index (χ1) is 9.35. The predicted molar refractivity (Wildman–Crippen MR) is 74.2 cm³/mol. The Morgan fingerprint density at radius 2 is 2.00 bits per heavy atom. The monoisotopic (exact) mass is 277 g/mol. The van der Waals surface area contributed by atoms with Crippen molar-refractivity contribution in [2.45, 2.75) is 32.6 Å². The van der Waals surface area contributed by atoms with Crippen molar-refractivity contribution in [3.63, 3.8) is 0 Å². The predicted octanol–water partition coefficient (Wildman–Crippen LogP) is 2.80. The lowest BCUT2D eigenvalue weighted by Gasteiger charge is -2.29. The van der Waals surface area contributed by atoms with Gasteiger partial charge in [0.25, 0.3) is 0 Å². The second-order valence-corrected chi connectivity index (χ2v) is 5.93. The molecule has 2 rings (SSSR count). The Labute approximate surface area is 118 Å². The summed E-state index contributed by atoms with van der Waals surface area (Å²) in [6, 6.07) is 7.19. The van der Waals surface area contributed by atoms with E-state index in [1.807, 2.05) is 26.0 Å². The number of nitrogens with zero attached hydrogens (tertiary/aromatic N) is 1. The van der Waals surface area contributed by atoms with Crippen LogP contribution in [0.3, 0.4) is 0 Å². The van der Waals surface area contributed by atoms with E-state index < -0.39 is 5.41 Å². The van der Waals surface area contributed by atoms with Crippen LogP contribution in [0.15, 0.2) is 24.3 Å². The fourth-order valence-corrected chi connectivity index (χ4v) is 2.93. The van der Waals surface area contributed by atoms with E-state index in [1.54, 1.807) is 19.1 Å². The largest absolute Gasteiger partial charge is 0.426 e. The number of ether oxygens (including phenoxy) is 1. The molecule has 0 bridgehead atoms. The Morgan fingerprint density at radius 1 is 1.35 bits per heavy atom. The zero-order chi connectivity index (χ0) is 14.9. The summed E-state index contributed by atoms with van der Waals surface area (Å²) in [6.45, 7) is 5.54. The van der Waals surface area contributed by atoms with Crippen molar-refractivity contribution in [1.82, 2.24) is 0 Å². The number of carbonyl (C=O) groups is 1. The lowest BCUT2D eigenvalue weighted by atomic mass is 9.69. The number of nitro groups is 1. The van der Waals surface area contributed by atoms with Crippen LogP contribution in [0.4, 0.5) is 0 Å². The average molecular weight is 277 g/mol. The molecule has 0 amide bonds. The molecule has 0 spiro atoms. The van der Waals surface area contributed by atoms with Gasteiger partial charge in [0.15, 0.2) is 0 Å². The maximum atomic E-state index is 12.3. The molecule has 0 saturated carbocycles. The van der Waals surface area contributed by atoms with Crippen molar-refractivity contribution < 1.29 is 14.5 Å². The highest BCUT2D eigenvalue weighted by molar-refractivity contribution is 5.90. The first kappa shape index (κ1) is 14.5. The highest BCUT2D eigenvalue weighted by atomic mass is 16.6. The van der Waals surface area contributed by atoms with Crippen LogP contribution in [0.1, 0.15) is 32.8 Å². The van der Waals surface area contributed by atoms with E-state index in [2.05, 4.69) is 0 Å². The van der Waals surface area contributed by atoms with Crippen molar-refractivity contribution in [2.24, 2.45) is 11.8 Å². The second kappa shape index (κ2) is 5.23. The first-order valence-electron chi connectivity index (χ1n) is 6.79. The molecule has 5 heteroatoms. The van der Waals surface area contributed by atoms with Crippen LogP contribution < -0.4 is 4.74 Å². The van der Waals surface area contributed by atoms with Crippen LogP contribution in [0.5, 0.6) is 5.75 Å². The maximum absolute atomic E-state index is 12.3. The van der Waals surface area contributed by atoms with E-state index in [9.17, 15) is 14.9 Å². The molecule has 0 N–H and O–H groups in total. The molecule has 108 valence electrons. The van der Waals surface area contributed by atoms with Crippen LogP contribution in [-0.2, 0) is 10.2 Å². The molecule has 0 saturated heterocycles. The fourth-order valence-electron chi connectivity index (χ4n) is 2.93. The minimum absolute atomic E-state index is 0.224. The summed E-state index contributed by atoms with van der Waals surface area (Å²) < 4.78 is 5.31. The zero-order valence-corrected chi connectivity index (χ0v) is 12.0. The number of benzene rings is 1. The molecule has 0 aromatic heterocycles. The normalized spacial score (nSPS) is 22.5. The molecule has 0 aliphatic carbocycles. The van der Waals surface area contributed by atoms with Gasteiger partial charge in [-0.05, 0) is 25.3 Å². The number of hydrogen-bond donors (Lipinski definition) is 0. The van der Waals surface area contributed by atoms with Crippen LogP contribution in [0, 0.1) is 22.0 Å². The lowest BCUT2D eigenvalue weighted by Crippen LogP contribution is -2.42. The smallest absolute Gasteiger partial charge is 0.322 e. The summed E-state index contributed by atoms with van der Waals surface area (Å²) in [5, 5.41) is 11.0. The Hall–Kier alpha value is -1.91. The molecule has 1 aliphatic rings. The van der Waals surface area contributed by atoms with E-state index in [-0.39, 0.29) is 29.3 Å². The van der Waals surface area contributed by atoms with Crippen molar-refractivity contribution in [2.75, 3.05) is 6.54 Å². The van der Waals surface area contributed by atoms with Gasteiger partial charge >= 0.3 is 5.97 Å².